The molecule has 2 heterocycles. The number of furan rings is 1. The number of fused-ring (bicyclic) bond motifs is 7. The van der Waals surface area contributed by atoms with Crippen LogP contribution in [0.15, 0.2) is 186 Å². The molecule has 0 atom stereocenters. The molecule has 0 bridgehead atoms. The van der Waals surface area contributed by atoms with Gasteiger partial charge in [0.25, 0.3) is 0 Å². The van der Waals surface area contributed by atoms with Crippen LogP contribution in [0.2, 0.25) is 0 Å². The molecule has 0 aliphatic heterocycles. The minimum atomic E-state index is 0.903. The summed E-state index contributed by atoms with van der Waals surface area (Å²) in [5.41, 5.74) is 10.9. The molecule has 0 amide bonds. The first kappa shape index (κ1) is 27.5. The molecule has 0 saturated carbocycles. The molecule has 0 aliphatic rings. The van der Waals surface area contributed by atoms with Gasteiger partial charge in [0.1, 0.15) is 5.58 Å². The van der Waals surface area contributed by atoms with Crippen LogP contribution in [0.25, 0.3) is 71.3 Å². The molecule has 0 spiro atoms. The van der Waals surface area contributed by atoms with Gasteiger partial charge < -0.3 is 13.9 Å². The number of hydrogen-bond donors (Lipinski definition) is 0. The number of nitrogens with zero attached hydrogens (tertiary/aromatic N) is 2. The molecule has 230 valence electrons. The van der Waals surface area contributed by atoms with Gasteiger partial charge in [-0.2, -0.15) is 0 Å². The van der Waals surface area contributed by atoms with Gasteiger partial charge in [-0.3, -0.25) is 0 Å². The average molecular weight is 627 g/mol. The summed E-state index contributed by atoms with van der Waals surface area (Å²) in [6, 6.07) is 64.9. The molecule has 0 saturated heterocycles. The minimum Gasteiger partial charge on any atom is -0.454 e. The van der Waals surface area contributed by atoms with E-state index in [1.54, 1.807) is 0 Å². The van der Waals surface area contributed by atoms with Crippen molar-refractivity contribution >= 4 is 71.6 Å². The van der Waals surface area contributed by atoms with Crippen molar-refractivity contribution in [1.29, 1.82) is 0 Å². The number of anilines is 3. The van der Waals surface area contributed by atoms with Gasteiger partial charge in [0.05, 0.1) is 22.4 Å². The second kappa shape index (κ2) is 11.0. The van der Waals surface area contributed by atoms with Crippen molar-refractivity contribution < 1.29 is 4.42 Å². The standard InChI is InChI=1S/C46H30N2O/c1-2-14-34(15-3-1)47(41-21-10-13-32-12-4-5-16-36(32)41)35-27-24-31(25-28-35)33-26-29-43-40(30-33)37-17-6-8-20-42(37)48(43)44-22-11-19-39-38-18-7-9-23-45(38)49-46(39)44/h1-30H. The smallest absolute Gasteiger partial charge is 0.159 e. The quantitative estimate of drug-likeness (QED) is 0.190. The second-order valence-electron chi connectivity index (χ2n) is 12.6. The highest BCUT2D eigenvalue weighted by Crippen LogP contribution is 2.41. The number of benzene rings is 8. The van der Waals surface area contributed by atoms with Crippen LogP contribution in [0.1, 0.15) is 0 Å². The van der Waals surface area contributed by atoms with Gasteiger partial charge in [-0.25, -0.2) is 0 Å². The van der Waals surface area contributed by atoms with Crippen molar-refractivity contribution in [1.82, 2.24) is 4.57 Å². The molecule has 3 heteroatoms. The summed E-state index contributed by atoms with van der Waals surface area (Å²) in [5, 5.41) is 7.14. The van der Waals surface area contributed by atoms with E-state index in [1.807, 2.05) is 12.1 Å². The van der Waals surface area contributed by atoms with Crippen molar-refractivity contribution in [2.45, 2.75) is 0 Å². The lowest BCUT2D eigenvalue weighted by Gasteiger charge is -2.27. The third-order valence-electron chi connectivity index (χ3n) is 9.78. The van der Waals surface area contributed by atoms with Crippen LogP contribution in [0.4, 0.5) is 17.1 Å². The summed E-state index contributed by atoms with van der Waals surface area (Å²) in [7, 11) is 0. The minimum absolute atomic E-state index is 0.903. The summed E-state index contributed by atoms with van der Waals surface area (Å²) < 4.78 is 8.84. The predicted molar refractivity (Wildman–Crippen MR) is 206 cm³/mol. The van der Waals surface area contributed by atoms with Gasteiger partial charge in [-0.05, 0) is 77.2 Å². The Labute approximate surface area is 283 Å². The van der Waals surface area contributed by atoms with Crippen LogP contribution in [0.3, 0.4) is 0 Å². The summed E-state index contributed by atoms with van der Waals surface area (Å²) in [5.74, 6) is 0. The van der Waals surface area contributed by atoms with Crippen LogP contribution >= 0.6 is 0 Å². The first-order valence-corrected chi connectivity index (χ1v) is 16.7. The average Bonchev–Trinajstić information content (AvgIpc) is 3.71. The maximum Gasteiger partial charge on any atom is 0.159 e. The monoisotopic (exact) mass is 626 g/mol. The van der Waals surface area contributed by atoms with E-state index in [1.165, 1.54) is 32.7 Å². The molecule has 0 aliphatic carbocycles. The Kier molecular flexibility index (Phi) is 6.18. The van der Waals surface area contributed by atoms with E-state index in [2.05, 4.69) is 179 Å². The fraction of sp³-hybridized carbons (Fsp3) is 0. The zero-order chi connectivity index (χ0) is 32.3. The molecule has 3 nitrogen and oxygen atoms in total. The fourth-order valence-corrected chi connectivity index (χ4v) is 7.53. The largest absolute Gasteiger partial charge is 0.454 e. The van der Waals surface area contributed by atoms with E-state index in [9.17, 15) is 0 Å². The SMILES string of the molecule is c1ccc(N(c2ccc(-c3ccc4c(c3)c3ccccc3n4-c3cccc4c3oc3ccccc34)cc2)c2cccc3ccccc23)cc1. The van der Waals surface area contributed by atoms with Crippen LogP contribution in [-0.2, 0) is 0 Å². The van der Waals surface area contributed by atoms with Crippen molar-refractivity contribution in [2.75, 3.05) is 4.90 Å². The molecule has 2 aromatic heterocycles. The van der Waals surface area contributed by atoms with Crippen LogP contribution in [-0.4, -0.2) is 4.57 Å². The lowest BCUT2D eigenvalue weighted by atomic mass is 10.0. The van der Waals surface area contributed by atoms with Gasteiger partial charge in [0, 0.05) is 38.3 Å². The summed E-state index contributed by atoms with van der Waals surface area (Å²) >= 11 is 0. The number of para-hydroxylation sites is 4. The molecule has 0 radical (unpaired) electrons. The van der Waals surface area contributed by atoms with Crippen LogP contribution in [0, 0.1) is 0 Å². The zero-order valence-electron chi connectivity index (χ0n) is 26.6. The van der Waals surface area contributed by atoms with E-state index >= 15 is 0 Å². The van der Waals surface area contributed by atoms with Crippen molar-refractivity contribution in [3.05, 3.63) is 182 Å². The molecule has 0 unspecified atom stereocenters. The summed E-state index contributed by atoms with van der Waals surface area (Å²) in [6.45, 7) is 0. The highest BCUT2D eigenvalue weighted by atomic mass is 16.3. The molecule has 8 aromatic carbocycles. The third kappa shape index (κ3) is 4.37. The Balaban J connectivity index is 1.10. The summed E-state index contributed by atoms with van der Waals surface area (Å²) in [6.07, 6.45) is 0. The maximum absolute atomic E-state index is 6.49. The second-order valence-corrected chi connectivity index (χ2v) is 12.6. The molecular formula is C46H30N2O. The lowest BCUT2D eigenvalue weighted by molar-refractivity contribution is 0.666. The molecule has 10 rings (SSSR count). The Hall–Kier alpha value is -6.58. The van der Waals surface area contributed by atoms with E-state index in [4.69, 9.17) is 4.42 Å². The van der Waals surface area contributed by atoms with E-state index in [0.717, 1.165) is 55.7 Å². The summed E-state index contributed by atoms with van der Waals surface area (Å²) in [4.78, 5) is 2.35. The van der Waals surface area contributed by atoms with Crippen molar-refractivity contribution in [3.8, 4) is 16.8 Å². The van der Waals surface area contributed by atoms with Crippen molar-refractivity contribution in [2.24, 2.45) is 0 Å². The Morgan fingerprint density at radius 3 is 1.92 bits per heavy atom. The highest BCUT2D eigenvalue weighted by Gasteiger charge is 2.19. The fourth-order valence-electron chi connectivity index (χ4n) is 7.53. The van der Waals surface area contributed by atoms with Crippen LogP contribution in [0.5, 0.6) is 0 Å². The first-order chi connectivity index (χ1) is 24.3. The van der Waals surface area contributed by atoms with Gasteiger partial charge >= 0.3 is 0 Å². The van der Waals surface area contributed by atoms with E-state index in [0.29, 0.717) is 0 Å². The molecule has 10 aromatic rings. The lowest BCUT2D eigenvalue weighted by Crippen LogP contribution is -2.10. The van der Waals surface area contributed by atoms with E-state index in [-0.39, 0.29) is 0 Å². The Bertz CT molecular complexity index is 2820. The predicted octanol–water partition coefficient (Wildman–Crippen LogP) is 13.0. The molecule has 0 N–H and O–H groups in total. The number of rotatable bonds is 5. The number of aromatic nitrogens is 1. The third-order valence-corrected chi connectivity index (χ3v) is 9.78. The first-order valence-electron chi connectivity index (χ1n) is 16.7. The zero-order valence-corrected chi connectivity index (χ0v) is 26.6. The van der Waals surface area contributed by atoms with Gasteiger partial charge in [-0.15, -0.1) is 0 Å². The topological polar surface area (TPSA) is 21.3 Å². The molecule has 0 fully saturated rings. The normalized spacial score (nSPS) is 11.7. The van der Waals surface area contributed by atoms with Gasteiger partial charge in [0.2, 0.25) is 0 Å². The maximum atomic E-state index is 6.49. The molecular weight excluding hydrogens is 597 g/mol. The van der Waals surface area contributed by atoms with Gasteiger partial charge in [-0.1, -0.05) is 121 Å². The van der Waals surface area contributed by atoms with E-state index < -0.39 is 0 Å². The van der Waals surface area contributed by atoms with Crippen molar-refractivity contribution in [3.63, 3.8) is 0 Å². The Morgan fingerprint density at radius 1 is 0.408 bits per heavy atom. The van der Waals surface area contributed by atoms with Crippen LogP contribution < -0.4 is 4.90 Å². The number of hydrogen-bond acceptors (Lipinski definition) is 2. The molecule has 49 heavy (non-hydrogen) atoms. The van der Waals surface area contributed by atoms with Gasteiger partial charge in [0.15, 0.2) is 5.58 Å². The Morgan fingerprint density at radius 2 is 1.04 bits per heavy atom. The highest BCUT2D eigenvalue weighted by molar-refractivity contribution is 6.13.